The number of hydrogen-bond acceptors (Lipinski definition) is 6. The number of amides is 1. The largest absolute Gasteiger partial charge is 0.478 e. The molecule has 5 rings (SSSR count). The van der Waals surface area contributed by atoms with E-state index in [2.05, 4.69) is 15.6 Å². The van der Waals surface area contributed by atoms with Gasteiger partial charge in [-0.15, -0.1) is 0 Å². The Balaban J connectivity index is 1.58. The molecule has 1 aliphatic rings. The maximum atomic E-state index is 12.3. The highest BCUT2D eigenvalue weighted by Gasteiger charge is 2.42. The van der Waals surface area contributed by atoms with Gasteiger partial charge in [0.25, 0.3) is 0 Å². The van der Waals surface area contributed by atoms with E-state index >= 15 is 0 Å². The molecule has 0 bridgehead atoms. The molecule has 11 heteroatoms. The van der Waals surface area contributed by atoms with Crippen LogP contribution in [0, 0.1) is 12.8 Å². The molecular weight excluding hydrogens is 556 g/mol. The third-order valence-electron chi connectivity index (χ3n) is 7.00. The number of carbonyl (C=O) groups excluding carboxylic acids is 1. The molecule has 0 aliphatic carbocycles. The molecule has 2 aromatic carbocycles. The summed E-state index contributed by atoms with van der Waals surface area (Å²) in [5.74, 6) is -1.95. The van der Waals surface area contributed by atoms with Crippen molar-refractivity contribution in [2.45, 2.75) is 32.9 Å². The summed E-state index contributed by atoms with van der Waals surface area (Å²) in [5.41, 5.74) is 3.00. The Morgan fingerprint density at radius 1 is 1.00 bits per heavy atom. The first-order valence-electron chi connectivity index (χ1n) is 13.2. The van der Waals surface area contributed by atoms with Gasteiger partial charge in [0.2, 0.25) is 5.91 Å². The Hall–Kier alpha value is -5.03. The number of carboxylic acids is 2. The molecule has 2 atom stereocenters. The number of carbonyl (C=O) groups is 3. The van der Waals surface area contributed by atoms with Crippen molar-refractivity contribution in [2.24, 2.45) is 5.92 Å². The third-order valence-corrected chi connectivity index (χ3v) is 7.31. The van der Waals surface area contributed by atoms with Crippen molar-refractivity contribution in [1.82, 2.24) is 10.3 Å². The minimum atomic E-state index is -1.25. The van der Waals surface area contributed by atoms with E-state index in [1.807, 2.05) is 62.1 Å². The molecule has 0 spiro atoms. The Bertz CT molecular complexity index is 1670. The topological polar surface area (TPSA) is 145 Å². The average molecular weight is 585 g/mol. The first-order valence-corrected chi connectivity index (χ1v) is 13.6. The lowest BCUT2D eigenvalue weighted by atomic mass is 10.0. The normalized spacial score (nSPS) is 16.4. The zero-order chi connectivity index (χ0) is 30.1. The third kappa shape index (κ3) is 5.59. The number of benzene rings is 2. The van der Waals surface area contributed by atoms with E-state index in [-0.39, 0.29) is 23.0 Å². The number of thiocarbonyl (C=S) groups is 1. The van der Waals surface area contributed by atoms with Gasteiger partial charge in [0.05, 0.1) is 22.9 Å². The number of hydrogen-bond donors (Lipinski definition) is 4. The number of aromatic carboxylic acids is 2. The number of furan rings is 1. The molecule has 214 valence electrons. The highest BCUT2D eigenvalue weighted by atomic mass is 32.1. The summed E-state index contributed by atoms with van der Waals surface area (Å²) in [6.07, 6.45) is 1.69. The number of carboxylic acid groups (broad SMARTS) is 2. The van der Waals surface area contributed by atoms with Gasteiger partial charge in [-0.2, -0.15) is 0 Å². The fourth-order valence-corrected chi connectivity index (χ4v) is 5.17. The maximum absolute atomic E-state index is 12.3. The number of aryl methyl sites for hydroxylation is 1. The summed E-state index contributed by atoms with van der Waals surface area (Å²) >= 11 is 5.79. The van der Waals surface area contributed by atoms with Crippen LogP contribution in [0.3, 0.4) is 0 Å². The average Bonchev–Trinajstić information content (AvgIpc) is 3.59. The standard InChI is InChI=1S/C31H28N4O6S/c1-16(2)28(36)33-22-8-7-21(12-17(22)3)35-27(26(34-31(35)42)23-6-4-5-11-32-23)25-10-9-24(41-25)18-13-19(29(37)38)15-20(14-18)30(39)40/h4-16,26-27H,1-3H3,(H,33,36)(H,34,42)(H,37,38)(H,39,40)/t26-,27-/m0/s1. The van der Waals surface area contributed by atoms with Crippen LogP contribution in [-0.4, -0.2) is 38.2 Å². The minimum absolute atomic E-state index is 0.0848. The van der Waals surface area contributed by atoms with E-state index in [1.165, 1.54) is 12.1 Å². The van der Waals surface area contributed by atoms with Crippen molar-refractivity contribution in [2.75, 3.05) is 10.2 Å². The van der Waals surface area contributed by atoms with Crippen molar-refractivity contribution in [3.05, 3.63) is 101 Å². The van der Waals surface area contributed by atoms with Gasteiger partial charge in [0.1, 0.15) is 17.6 Å². The molecule has 1 saturated heterocycles. The molecule has 2 aromatic heterocycles. The van der Waals surface area contributed by atoms with E-state index in [0.717, 1.165) is 23.0 Å². The van der Waals surface area contributed by atoms with Gasteiger partial charge >= 0.3 is 11.9 Å². The van der Waals surface area contributed by atoms with E-state index in [9.17, 15) is 24.6 Å². The van der Waals surface area contributed by atoms with E-state index < -0.39 is 24.0 Å². The molecule has 10 nitrogen and oxygen atoms in total. The Kier molecular flexibility index (Phi) is 7.77. The summed E-state index contributed by atoms with van der Waals surface area (Å²) in [6, 6.07) is 17.6. The highest BCUT2D eigenvalue weighted by Crippen LogP contribution is 2.43. The zero-order valence-electron chi connectivity index (χ0n) is 23.0. The first-order chi connectivity index (χ1) is 20.0. The molecule has 3 heterocycles. The van der Waals surface area contributed by atoms with Crippen LogP contribution in [0.2, 0.25) is 0 Å². The van der Waals surface area contributed by atoms with E-state index in [0.29, 0.717) is 27.9 Å². The quantitative estimate of drug-likeness (QED) is 0.187. The van der Waals surface area contributed by atoms with Crippen molar-refractivity contribution < 1.29 is 29.0 Å². The summed E-state index contributed by atoms with van der Waals surface area (Å²) < 4.78 is 6.30. The Labute approximate surface area is 247 Å². The van der Waals surface area contributed by atoms with Crippen LogP contribution in [0.25, 0.3) is 11.3 Å². The van der Waals surface area contributed by atoms with Crippen LogP contribution in [0.4, 0.5) is 11.4 Å². The maximum Gasteiger partial charge on any atom is 0.335 e. The van der Waals surface area contributed by atoms with Crippen molar-refractivity contribution in [3.8, 4) is 11.3 Å². The van der Waals surface area contributed by atoms with E-state index in [1.54, 1.807) is 18.3 Å². The molecule has 4 aromatic rings. The molecule has 4 N–H and O–H groups in total. The summed E-state index contributed by atoms with van der Waals surface area (Å²) in [6.45, 7) is 5.55. The van der Waals surface area contributed by atoms with E-state index in [4.69, 9.17) is 16.6 Å². The van der Waals surface area contributed by atoms with Crippen LogP contribution in [0.5, 0.6) is 0 Å². The zero-order valence-corrected chi connectivity index (χ0v) is 23.8. The fraction of sp³-hybridized carbons (Fsp3) is 0.194. The smallest absolute Gasteiger partial charge is 0.335 e. The van der Waals surface area contributed by atoms with Crippen molar-refractivity contribution in [3.63, 3.8) is 0 Å². The highest BCUT2D eigenvalue weighted by molar-refractivity contribution is 7.80. The molecule has 0 unspecified atom stereocenters. The molecule has 0 saturated carbocycles. The minimum Gasteiger partial charge on any atom is -0.478 e. The number of nitrogens with zero attached hydrogens (tertiary/aromatic N) is 2. The lowest BCUT2D eigenvalue weighted by molar-refractivity contribution is -0.118. The molecule has 1 aliphatic heterocycles. The van der Waals surface area contributed by atoms with Crippen LogP contribution in [0.1, 0.15) is 63.7 Å². The summed E-state index contributed by atoms with van der Waals surface area (Å²) in [7, 11) is 0. The van der Waals surface area contributed by atoms with Gasteiger partial charge in [0.15, 0.2) is 5.11 Å². The predicted octanol–water partition coefficient (Wildman–Crippen LogP) is 5.82. The van der Waals surface area contributed by atoms with Crippen molar-refractivity contribution in [1.29, 1.82) is 0 Å². The Morgan fingerprint density at radius 3 is 2.31 bits per heavy atom. The number of pyridine rings is 1. The van der Waals surface area contributed by atoms with Crippen LogP contribution >= 0.6 is 12.2 Å². The molecular formula is C31H28N4O6S. The number of aromatic nitrogens is 1. The number of nitrogens with one attached hydrogen (secondary N) is 2. The molecule has 42 heavy (non-hydrogen) atoms. The van der Waals surface area contributed by atoms with Crippen molar-refractivity contribution >= 4 is 46.6 Å². The second-order valence-electron chi connectivity index (χ2n) is 10.3. The molecule has 1 fully saturated rings. The van der Waals surface area contributed by atoms with Crippen LogP contribution < -0.4 is 15.5 Å². The lowest BCUT2D eigenvalue weighted by Gasteiger charge is -2.27. The predicted molar refractivity (Wildman–Crippen MR) is 161 cm³/mol. The molecule has 0 radical (unpaired) electrons. The fourth-order valence-electron chi connectivity index (χ4n) is 4.82. The summed E-state index contributed by atoms with van der Waals surface area (Å²) in [5, 5.41) is 25.8. The van der Waals surface area contributed by atoms with Gasteiger partial charge in [-0.25, -0.2) is 9.59 Å². The molecule has 1 amide bonds. The summed E-state index contributed by atoms with van der Waals surface area (Å²) in [4.78, 5) is 42.1. The number of anilines is 2. The second kappa shape index (κ2) is 11.5. The van der Waals surface area contributed by atoms with Gasteiger partial charge in [0, 0.05) is 29.1 Å². The van der Waals surface area contributed by atoms with Gasteiger partial charge < -0.3 is 30.2 Å². The first kappa shape index (κ1) is 28.5. The monoisotopic (exact) mass is 584 g/mol. The van der Waals surface area contributed by atoms with Gasteiger partial charge in [-0.3, -0.25) is 9.78 Å². The second-order valence-corrected chi connectivity index (χ2v) is 10.6. The lowest BCUT2D eigenvalue weighted by Crippen LogP contribution is -2.29. The van der Waals surface area contributed by atoms with Crippen LogP contribution in [0.15, 0.2) is 77.3 Å². The number of rotatable bonds is 8. The SMILES string of the molecule is Cc1cc(N2C(=S)N[C@@H](c3ccccn3)[C@@H]2c2ccc(-c3cc(C(=O)O)cc(C(=O)O)c3)o2)ccc1NC(=O)C(C)C. The van der Waals surface area contributed by atoms with Crippen LogP contribution in [-0.2, 0) is 4.79 Å². The Morgan fingerprint density at radius 2 is 1.71 bits per heavy atom. The van der Waals surface area contributed by atoms with Gasteiger partial charge in [-0.05, 0) is 85.4 Å². The van der Waals surface area contributed by atoms with Gasteiger partial charge in [-0.1, -0.05) is 19.9 Å².